The molecule has 0 amide bonds. The molecule has 0 N–H and O–H groups in total. The number of hydrogen-bond acceptors (Lipinski definition) is 0. The first-order valence-electron chi connectivity index (χ1n) is 3.90. The van der Waals surface area contributed by atoms with Crippen molar-refractivity contribution in [1.29, 1.82) is 0 Å². The average Bonchev–Trinajstić information content (AvgIpc) is 1.99. The lowest BCUT2D eigenvalue weighted by molar-refractivity contribution is 0.614. The van der Waals surface area contributed by atoms with Gasteiger partial charge < -0.3 is 0 Å². The van der Waals surface area contributed by atoms with E-state index >= 15 is 0 Å². The standard InChI is InChI=1S/C10H13F/c1-4-9-5-7(2)8(3)10(11)6-9/h5-6H,4H2,1-3H3. The van der Waals surface area contributed by atoms with Gasteiger partial charge in [0.15, 0.2) is 0 Å². The zero-order valence-electron chi connectivity index (χ0n) is 7.24. The van der Waals surface area contributed by atoms with Crippen molar-refractivity contribution in [3.05, 3.63) is 34.6 Å². The molecule has 0 unspecified atom stereocenters. The number of aryl methyl sites for hydroxylation is 2. The third-order valence-corrected chi connectivity index (χ3v) is 2.07. The van der Waals surface area contributed by atoms with Crippen molar-refractivity contribution < 1.29 is 4.39 Å². The van der Waals surface area contributed by atoms with E-state index in [1.807, 2.05) is 26.8 Å². The van der Waals surface area contributed by atoms with Crippen LogP contribution in [0.5, 0.6) is 0 Å². The van der Waals surface area contributed by atoms with E-state index in [9.17, 15) is 4.39 Å². The number of halogens is 1. The first-order valence-corrected chi connectivity index (χ1v) is 3.90. The van der Waals surface area contributed by atoms with Crippen LogP contribution in [0.25, 0.3) is 0 Å². The molecule has 1 aromatic carbocycles. The molecule has 0 atom stereocenters. The van der Waals surface area contributed by atoms with Crippen LogP contribution in [0.2, 0.25) is 0 Å². The van der Waals surface area contributed by atoms with E-state index < -0.39 is 0 Å². The van der Waals surface area contributed by atoms with Crippen LogP contribution < -0.4 is 0 Å². The van der Waals surface area contributed by atoms with Gasteiger partial charge in [0.2, 0.25) is 0 Å². The summed E-state index contributed by atoms with van der Waals surface area (Å²) in [5.74, 6) is -0.0816. The van der Waals surface area contributed by atoms with Crippen LogP contribution in [0.15, 0.2) is 12.1 Å². The molecule has 60 valence electrons. The molecule has 0 fully saturated rings. The molecule has 0 aliphatic heterocycles. The van der Waals surface area contributed by atoms with Gasteiger partial charge >= 0.3 is 0 Å². The minimum absolute atomic E-state index is 0.0816. The van der Waals surface area contributed by atoms with Crippen molar-refractivity contribution in [2.24, 2.45) is 0 Å². The Morgan fingerprint density at radius 2 is 1.91 bits per heavy atom. The maximum absolute atomic E-state index is 13.0. The van der Waals surface area contributed by atoms with E-state index in [-0.39, 0.29) is 5.82 Å². The fraction of sp³-hybridized carbons (Fsp3) is 0.400. The van der Waals surface area contributed by atoms with E-state index in [1.54, 1.807) is 6.07 Å². The highest BCUT2D eigenvalue weighted by molar-refractivity contribution is 5.31. The molecule has 1 aromatic rings. The summed E-state index contributed by atoms with van der Waals surface area (Å²) < 4.78 is 13.0. The summed E-state index contributed by atoms with van der Waals surface area (Å²) in [6, 6.07) is 3.65. The predicted octanol–water partition coefficient (Wildman–Crippen LogP) is 3.00. The van der Waals surface area contributed by atoms with Gasteiger partial charge in [-0.25, -0.2) is 4.39 Å². The maximum atomic E-state index is 13.0. The molecular weight excluding hydrogens is 139 g/mol. The molecule has 0 heterocycles. The summed E-state index contributed by atoms with van der Waals surface area (Å²) in [4.78, 5) is 0. The number of benzene rings is 1. The number of hydrogen-bond donors (Lipinski definition) is 0. The molecule has 1 heteroatoms. The second-order valence-corrected chi connectivity index (χ2v) is 2.87. The summed E-state index contributed by atoms with van der Waals surface area (Å²) in [5.41, 5.74) is 2.88. The van der Waals surface area contributed by atoms with Crippen LogP contribution in [0.3, 0.4) is 0 Å². The fourth-order valence-corrected chi connectivity index (χ4v) is 1.09. The molecule has 0 aliphatic carbocycles. The van der Waals surface area contributed by atoms with Crippen molar-refractivity contribution >= 4 is 0 Å². The van der Waals surface area contributed by atoms with E-state index in [0.717, 1.165) is 23.1 Å². The zero-order valence-corrected chi connectivity index (χ0v) is 7.24. The minimum Gasteiger partial charge on any atom is -0.207 e. The van der Waals surface area contributed by atoms with E-state index in [0.29, 0.717) is 0 Å². The van der Waals surface area contributed by atoms with E-state index in [4.69, 9.17) is 0 Å². The predicted molar refractivity (Wildman–Crippen MR) is 45.3 cm³/mol. The van der Waals surface area contributed by atoms with E-state index in [2.05, 4.69) is 0 Å². The fourth-order valence-electron chi connectivity index (χ4n) is 1.09. The normalized spacial score (nSPS) is 10.2. The second kappa shape index (κ2) is 3.04. The molecule has 0 bridgehead atoms. The van der Waals surface area contributed by atoms with Gasteiger partial charge in [0.05, 0.1) is 0 Å². The first-order chi connectivity index (χ1) is 5.15. The summed E-state index contributed by atoms with van der Waals surface area (Å²) in [5, 5.41) is 0. The monoisotopic (exact) mass is 152 g/mol. The highest BCUT2D eigenvalue weighted by Crippen LogP contribution is 2.14. The van der Waals surface area contributed by atoms with Gasteiger partial charge in [0, 0.05) is 0 Å². The lowest BCUT2D eigenvalue weighted by Gasteiger charge is -2.03. The highest BCUT2D eigenvalue weighted by Gasteiger charge is 2.01. The molecule has 1 rings (SSSR count). The third kappa shape index (κ3) is 1.59. The Labute approximate surface area is 67.1 Å². The summed E-state index contributed by atoms with van der Waals surface area (Å²) in [7, 11) is 0. The first kappa shape index (κ1) is 8.25. The summed E-state index contributed by atoms with van der Waals surface area (Å²) in [6.07, 6.45) is 0.901. The Balaban J connectivity index is 3.21. The lowest BCUT2D eigenvalue weighted by atomic mass is 10.0. The Kier molecular flexibility index (Phi) is 2.28. The third-order valence-electron chi connectivity index (χ3n) is 2.07. The molecule has 0 aliphatic rings. The van der Waals surface area contributed by atoms with Crippen LogP contribution in [0.1, 0.15) is 23.6 Å². The van der Waals surface area contributed by atoms with Crippen LogP contribution in [-0.2, 0) is 6.42 Å². The largest absolute Gasteiger partial charge is 0.207 e. The molecule has 0 nitrogen and oxygen atoms in total. The second-order valence-electron chi connectivity index (χ2n) is 2.87. The van der Waals surface area contributed by atoms with Crippen molar-refractivity contribution in [3.63, 3.8) is 0 Å². The Morgan fingerprint density at radius 1 is 1.27 bits per heavy atom. The van der Waals surface area contributed by atoms with Gasteiger partial charge in [-0.2, -0.15) is 0 Å². The molecule has 11 heavy (non-hydrogen) atoms. The van der Waals surface area contributed by atoms with Gasteiger partial charge in [0.25, 0.3) is 0 Å². The van der Waals surface area contributed by atoms with Gasteiger partial charge in [-0.15, -0.1) is 0 Å². The van der Waals surface area contributed by atoms with Crippen LogP contribution in [-0.4, -0.2) is 0 Å². The highest BCUT2D eigenvalue weighted by atomic mass is 19.1. The topological polar surface area (TPSA) is 0 Å². The van der Waals surface area contributed by atoms with Crippen molar-refractivity contribution in [2.45, 2.75) is 27.2 Å². The molecule has 0 aromatic heterocycles. The van der Waals surface area contributed by atoms with E-state index in [1.165, 1.54) is 0 Å². The zero-order chi connectivity index (χ0) is 8.43. The van der Waals surface area contributed by atoms with Crippen LogP contribution >= 0.6 is 0 Å². The Bertz CT molecular complexity index is 241. The van der Waals surface area contributed by atoms with Crippen molar-refractivity contribution in [1.82, 2.24) is 0 Å². The molecular formula is C10H13F. The number of rotatable bonds is 1. The molecule has 0 saturated carbocycles. The molecule has 0 radical (unpaired) electrons. The minimum atomic E-state index is -0.0816. The van der Waals surface area contributed by atoms with Gasteiger partial charge in [-0.1, -0.05) is 13.0 Å². The van der Waals surface area contributed by atoms with Gasteiger partial charge in [-0.05, 0) is 43.0 Å². The lowest BCUT2D eigenvalue weighted by Crippen LogP contribution is -1.90. The summed E-state index contributed by atoms with van der Waals surface area (Å²) >= 11 is 0. The SMILES string of the molecule is CCc1cc(C)c(C)c(F)c1. The summed E-state index contributed by atoms with van der Waals surface area (Å²) in [6.45, 7) is 5.78. The van der Waals surface area contributed by atoms with Gasteiger partial charge in [-0.3, -0.25) is 0 Å². The Morgan fingerprint density at radius 3 is 2.36 bits per heavy atom. The molecule has 0 spiro atoms. The van der Waals surface area contributed by atoms with Crippen LogP contribution in [0, 0.1) is 19.7 Å². The van der Waals surface area contributed by atoms with Crippen molar-refractivity contribution in [3.8, 4) is 0 Å². The maximum Gasteiger partial charge on any atom is 0.126 e. The van der Waals surface area contributed by atoms with Gasteiger partial charge in [0.1, 0.15) is 5.82 Å². The molecule has 0 saturated heterocycles. The quantitative estimate of drug-likeness (QED) is 0.580. The smallest absolute Gasteiger partial charge is 0.126 e. The average molecular weight is 152 g/mol. The van der Waals surface area contributed by atoms with Crippen LogP contribution in [0.4, 0.5) is 4.39 Å². The Hall–Kier alpha value is -0.850. The van der Waals surface area contributed by atoms with Crippen molar-refractivity contribution in [2.75, 3.05) is 0 Å².